The summed E-state index contributed by atoms with van der Waals surface area (Å²) in [7, 11) is 0. The largest absolute Gasteiger partial charge is 0.388 e. The second-order valence-corrected chi connectivity index (χ2v) is 5.34. The number of hydrogen-bond donors (Lipinski definition) is 3. The number of nitrogens with zero attached hydrogens (tertiary/aromatic N) is 2. The Bertz CT molecular complexity index is 460. The van der Waals surface area contributed by atoms with Crippen LogP contribution in [0, 0.1) is 16.0 Å². The zero-order valence-electron chi connectivity index (χ0n) is 11.4. The van der Waals surface area contributed by atoms with Crippen LogP contribution in [0.1, 0.15) is 27.2 Å². The first kappa shape index (κ1) is 15.2. The van der Waals surface area contributed by atoms with Gasteiger partial charge in [-0.25, -0.2) is 4.98 Å². The predicted molar refractivity (Wildman–Crippen MR) is 73.9 cm³/mol. The topological polar surface area (TPSA) is 114 Å². The molecule has 1 aromatic rings. The van der Waals surface area contributed by atoms with Gasteiger partial charge in [-0.15, -0.1) is 0 Å². The molecule has 7 heteroatoms. The van der Waals surface area contributed by atoms with Crippen molar-refractivity contribution in [1.82, 2.24) is 4.98 Å². The van der Waals surface area contributed by atoms with Crippen LogP contribution in [0.3, 0.4) is 0 Å². The van der Waals surface area contributed by atoms with Crippen molar-refractivity contribution in [3.05, 3.63) is 22.2 Å². The fraction of sp³-hybridized carbons (Fsp3) is 0.583. The van der Waals surface area contributed by atoms with E-state index in [1.165, 1.54) is 12.1 Å². The summed E-state index contributed by atoms with van der Waals surface area (Å²) in [4.78, 5) is 14.1. The van der Waals surface area contributed by atoms with Crippen LogP contribution in [-0.4, -0.2) is 27.2 Å². The van der Waals surface area contributed by atoms with Crippen LogP contribution >= 0.6 is 0 Å². The van der Waals surface area contributed by atoms with E-state index >= 15 is 0 Å². The van der Waals surface area contributed by atoms with E-state index in [1.54, 1.807) is 6.92 Å². The lowest BCUT2D eigenvalue weighted by Crippen LogP contribution is -2.35. The summed E-state index contributed by atoms with van der Waals surface area (Å²) in [5.41, 5.74) is 4.47. The molecule has 0 aliphatic carbocycles. The molecule has 0 radical (unpaired) electrons. The van der Waals surface area contributed by atoms with Crippen LogP contribution in [0.5, 0.6) is 0 Å². The number of aromatic nitrogens is 1. The molecule has 0 aliphatic heterocycles. The summed E-state index contributed by atoms with van der Waals surface area (Å²) in [6.45, 7) is 5.98. The highest BCUT2D eigenvalue weighted by Crippen LogP contribution is 2.21. The summed E-state index contributed by atoms with van der Waals surface area (Å²) >= 11 is 0. The molecule has 1 heterocycles. The normalized spacial score (nSPS) is 14.2. The van der Waals surface area contributed by atoms with Crippen LogP contribution in [-0.2, 0) is 0 Å². The number of nitrogens with one attached hydrogen (secondary N) is 1. The van der Waals surface area contributed by atoms with Crippen molar-refractivity contribution in [2.24, 2.45) is 5.92 Å². The molecular weight excluding hydrogens is 248 g/mol. The Balaban J connectivity index is 2.75. The number of nitrogen functional groups attached to an aromatic ring is 1. The molecule has 1 unspecified atom stereocenters. The number of pyridine rings is 1. The van der Waals surface area contributed by atoms with Gasteiger partial charge in [0, 0.05) is 6.54 Å². The van der Waals surface area contributed by atoms with Gasteiger partial charge in [0.1, 0.15) is 11.6 Å². The maximum atomic E-state index is 10.7. The lowest BCUT2D eigenvalue weighted by molar-refractivity contribution is -0.384. The summed E-state index contributed by atoms with van der Waals surface area (Å²) in [5, 5.41) is 23.7. The molecule has 1 atom stereocenters. The zero-order valence-corrected chi connectivity index (χ0v) is 11.4. The Morgan fingerprint density at radius 1 is 1.58 bits per heavy atom. The zero-order chi connectivity index (χ0) is 14.6. The Hall–Kier alpha value is -1.89. The van der Waals surface area contributed by atoms with Crippen LogP contribution in [0.25, 0.3) is 0 Å². The van der Waals surface area contributed by atoms with E-state index in [2.05, 4.69) is 10.3 Å². The van der Waals surface area contributed by atoms with Crippen molar-refractivity contribution in [1.29, 1.82) is 0 Å². The van der Waals surface area contributed by atoms with Gasteiger partial charge >= 0.3 is 0 Å². The molecule has 0 saturated carbocycles. The highest BCUT2D eigenvalue weighted by Gasteiger charge is 2.22. The van der Waals surface area contributed by atoms with Gasteiger partial charge in [0.05, 0.1) is 22.7 Å². The second-order valence-electron chi connectivity index (χ2n) is 5.34. The first-order chi connectivity index (χ1) is 8.69. The van der Waals surface area contributed by atoms with E-state index < -0.39 is 10.5 Å². The third kappa shape index (κ3) is 5.09. The highest BCUT2D eigenvalue weighted by atomic mass is 16.6. The number of hydrogen-bond acceptors (Lipinski definition) is 6. The lowest BCUT2D eigenvalue weighted by Gasteiger charge is -2.25. The average Bonchev–Trinajstić information content (AvgIpc) is 2.24. The van der Waals surface area contributed by atoms with Crippen molar-refractivity contribution in [3.8, 4) is 0 Å². The van der Waals surface area contributed by atoms with E-state index in [0.29, 0.717) is 12.3 Å². The van der Waals surface area contributed by atoms with Crippen molar-refractivity contribution in [2.75, 3.05) is 17.6 Å². The van der Waals surface area contributed by atoms with Crippen LogP contribution in [0.2, 0.25) is 0 Å². The van der Waals surface area contributed by atoms with Gasteiger partial charge in [-0.3, -0.25) is 10.1 Å². The second kappa shape index (κ2) is 5.83. The summed E-state index contributed by atoms with van der Waals surface area (Å²) < 4.78 is 0. The average molecular weight is 268 g/mol. The van der Waals surface area contributed by atoms with Crippen LogP contribution in [0.4, 0.5) is 17.3 Å². The molecule has 106 valence electrons. The first-order valence-electron chi connectivity index (χ1n) is 6.08. The summed E-state index contributed by atoms with van der Waals surface area (Å²) in [5.74, 6) is 0.705. The van der Waals surface area contributed by atoms with Gasteiger partial charge in [-0.2, -0.15) is 0 Å². The number of rotatable bonds is 6. The van der Waals surface area contributed by atoms with E-state index in [-0.39, 0.29) is 23.9 Å². The monoisotopic (exact) mass is 268 g/mol. The SMILES string of the molecule is CC(C)CC(C)(O)CNc1cc([N+](=O)[O-])cc(N)n1. The fourth-order valence-corrected chi connectivity index (χ4v) is 1.97. The fourth-order valence-electron chi connectivity index (χ4n) is 1.97. The predicted octanol–water partition coefficient (Wildman–Crippen LogP) is 1.78. The van der Waals surface area contributed by atoms with Gasteiger partial charge < -0.3 is 16.2 Å². The molecule has 4 N–H and O–H groups in total. The molecule has 0 saturated heterocycles. The molecule has 7 nitrogen and oxygen atoms in total. The molecule has 0 spiro atoms. The van der Waals surface area contributed by atoms with Gasteiger partial charge in [-0.1, -0.05) is 13.8 Å². The molecule has 0 amide bonds. The Kier molecular flexibility index (Phi) is 4.66. The van der Waals surface area contributed by atoms with Gasteiger partial charge in [0.25, 0.3) is 5.69 Å². The molecule has 0 fully saturated rings. The maximum Gasteiger partial charge on any atom is 0.276 e. The minimum absolute atomic E-state index is 0.0696. The van der Waals surface area contributed by atoms with Gasteiger partial charge in [-0.05, 0) is 19.3 Å². The smallest absolute Gasteiger partial charge is 0.276 e. The van der Waals surface area contributed by atoms with E-state index in [9.17, 15) is 15.2 Å². The van der Waals surface area contributed by atoms with E-state index in [1.807, 2.05) is 13.8 Å². The maximum absolute atomic E-state index is 10.7. The van der Waals surface area contributed by atoms with Gasteiger partial charge in [0.15, 0.2) is 0 Å². The standard InChI is InChI=1S/C12H20N4O3/c1-8(2)6-12(3,17)7-14-11-5-9(16(18)19)4-10(13)15-11/h4-5,8,17H,6-7H2,1-3H3,(H3,13,14,15). The number of nitrogens with two attached hydrogens (primary N) is 1. The van der Waals surface area contributed by atoms with E-state index in [0.717, 1.165) is 0 Å². The van der Waals surface area contributed by atoms with Crippen molar-refractivity contribution in [3.63, 3.8) is 0 Å². The first-order valence-corrected chi connectivity index (χ1v) is 6.08. The number of anilines is 2. The van der Waals surface area contributed by atoms with Crippen LogP contribution in [0.15, 0.2) is 12.1 Å². The molecular formula is C12H20N4O3. The Labute approximate surface area is 112 Å². The molecule has 0 aromatic carbocycles. The quantitative estimate of drug-likeness (QED) is 0.535. The molecule has 0 aliphatic rings. The third-order valence-corrected chi connectivity index (χ3v) is 2.54. The minimum Gasteiger partial charge on any atom is -0.388 e. The highest BCUT2D eigenvalue weighted by molar-refractivity contribution is 5.52. The molecule has 1 rings (SSSR count). The van der Waals surface area contributed by atoms with Crippen molar-refractivity contribution < 1.29 is 10.0 Å². The van der Waals surface area contributed by atoms with Crippen molar-refractivity contribution in [2.45, 2.75) is 32.8 Å². The summed E-state index contributed by atoms with van der Waals surface area (Å²) in [6.07, 6.45) is 0.615. The lowest BCUT2D eigenvalue weighted by atomic mass is 9.94. The van der Waals surface area contributed by atoms with E-state index in [4.69, 9.17) is 5.73 Å². The van der Waals surface area contributed by atoms with Gasteiger partial charge in [0.2, 0.25) is 0 Å². The minimum atomic E-state index is -0.908. The molecule has 1 aromatic heterocycles. The van der Waals surface area contributed by atoms with Crippen molar-refractivity contribution >= 4 is 17.3 Å². The summed E-state index contributed by atoms with van der Waals surface area (Å²) in [6, 6.07) is 2.49. The number of aliphatic hydroxyl groups is 1. The molecule has 0 bridgehead atoms. The third-order valence-electron chi connectivity index (χ3n) is 2.54. The Morgan fingerprint density at radius 3 is 2.74 bits per heavy atom. The Morgan fingerprint density at radius 2 is 2.21 bits per heavy atom. The molecule has 19 heavy (non-hydrogen) atoms. The van der Waals surface area contributed by atoms with Crippen LogP contribution < -0.4 is 11.1 Å². The number of nitro groups is 1.